The Hall–Kier alpha value is -0.540. The van der Waals surface area contributed by atoms with Crippen LogP contribution in [-0.4, -0.2) is 17.8 Å². The molecule has 0 aromatic heterocycles. The Morgan fingerprint density at radius 1 is 1.56 bits per heavy atom. The van der Waals surface area contributed by atoms with E-state index < -0.39 is 0 Å². The van der Waals surface area contributed by atoms with E-state index in [0.29, 0.717) is 17.4 Å². The number of nitrogens with zero attached hydrogens (tertiary/aromatic N) is 1. The van der Waals surface area contributed by atoms with Gasteiger partial charge >= 0.3 is 0 Å². The van der Waals surface area contributed by atoms with E-state index in [-0.39, 0.29) is 5.91 Å². The van der Waals surface area contributed by atoms with E-state index in [1.165, 1.54) is 0 Å². The van der Waals surface area contributed by atoms with Gasteiger partial charge in [-0.3, -0.25) is 4.79 Å². The molecule has 0 aliphatic carbocycles. The number of alkyl halides is 1. The standard InChI is InChI=1S/C12H13BrClNO/c1-8-2-3-10(5-11(8)14)15-7-9(6-13)4-12(15)16/h2-3,5,9H,4,6-7H2,1H3. The molecule has 1 saturated heterocycles. The van der Waals surface area contributed by atoms with Crippen molar-refractivity contribution < 1.29 is 4.79 Å². The maximum Gasteiger partial charge on any atom is 0.227 e. The second-order valence-corrected chi connectivity index (χ2v) is 5.22. The lowest BCUT2D eigenvalue weighted by Crippen LogP contribution is -2.24. The summed E-state index contributed by atoms with van der Waals surface area (Å²) in [5.74, 6) is 0.594. The third kappa shape index (κ3) is 2.25. The topological polar surface area (TPSA) is 20.3 Å². The van der Waals surface area contributed by atoms with Gasteiger partial charge in [-0.25, -0.2) is 0 Å². The zero-order chi connectivity index (χ0) is 11.7. The Labute approximate surface area is 109 Å². The molecule has 4 heteroatoms. The monoisotopic (exact) mass is 301 g/mol. The lowest BCUT2D eigenvalue weighted by Gasteiger charge is -2.17. The summed E-state index contributed by atoms with van der Waals surface area (Å²) in [4.78, 5) is 13.6. The average Bonchev–Trinajstić information content (AvgIpc) is 2.64. The fourth-order valence-corrected chi connectivity index (χ4v) is 2.49. The number of aryl methyl sites for hydroxylation is 1. The smallest absolute Gasteiger partial charge is 0.227 e. The number of hydrogen-bond donors (Lipinski definition) is 0. The van der Waals surface area contributed by atoms with E-state index in [1.807, 2.05) is 30.0 Å². The molecule has 2 nitrogen and oxygen atoms in total. The van der Waals surface area contributed by atoms with Gasteiger partial charge in [0, 0.05) is 29.0 Å². The number of halogens is 2. The molecular formula is C12H13BrClNO. The first-order valence-corrected chi connectivity index (χ1v) is 6.74. The molecule has 86 valence electrons. The lowest BCUT2D eigenvalue weighted by molar-refractivity contribution is -0.117. The largest absolute Gasteiger partial charge is 0.312 e. The molecule has 0 spiro atoms. The highest BCUT2D eigenvalue weighted by Crippen LogP contribution is 2.29. The van der Waals surface area contributed by atoms with Crippen molar-refractivity contribution >= 4 is 39.1 Å². The summed E-state index contributed by atoms with van der Waals surface area (Å²) in [6.07, 6.45) is 0.622. The zero-order valence-electron chi connectivity index (χ0n) is 9.04. The second kappa shape index (κ2) is 4.76. The Kier molecular flexibility index (Phi) is 3.55. The van der Waals surface area contributed by atoms with Gasteiger partial charge in [-0.15, -0.1) is 0 Å². The first-order chi connectivity index (χ1) is 7.61. The van der Waals surface area contributed by atoms with E-state index in [4.69, 9.17) is 11.6 Å². The van der Waals surface area contributed by atoms with Crippen LogP contribution in [0.5, 0.6) is 0 Å². The van der Waals surface area contributed by atoms with Crippen LogP contribution in [0.4, 0.5) is 5.69 Å². The van der Waals surface area contributed by atoms with Gasteiger partial charge in [-0.05, 0) is 30.5 Å². The van der Waals surface area contributed by atoms with Crippen LogP contribution in [0.25, 0.3) is 0 Å². The summed E-state index contributed by atoms with van der Waals surface area (Å²) < 4.78 is 0. The van der Waals surface area contributed by atoms with E-state index in [1.54, 1.807) is 0 Å². The molecule has 1 aliphatic heterocycles. The zero-order valence-corrected chi connectivity index (χ0v) is 11.4. The van der Waals surface area contributed by atoms with Gasteiger partial charge in [0.25, 0.3) is 0 Å². The van der Waals surface area contributed by atoms with Crippen LogP contribution in [0.1, 0.15) is 12.0 Å². The minimum Gasteiger partial charge on any atom is -0.312 e. The number of amides is 1. The molecule has 1 aliphatic rings. The van der Waals surface area contributed by atoms with E-state index in [0.717, 1.165) is 23.1 Å². The number of carbonyl (C=O) groups is 1. The van der Waals surface area contributed by atoms with Crippen molar-refractivity contribution in [3.8, 4) is 0 Å². The van der Waals surface area contributed by atoms with Crippen LogP contribution < -0.4 is 4.90 Å². The van der Waals surface area contributed by atoms with Crippen LogP contribution in [0.3, 0.4) is 0 Å². The van der Waals surface area contributed by atoms with Crippen LogP contribution in [0.15, 0.2) is 18.2 Å². The quantitative estimate of drug-likeness (QED) is 0.767. The van der Waals surface area contributed by atoms with Crippen LogP contribution in [-0.2, 0) is 4.79 Å². The van der Waals surface area contributed by atoms with Crippen molar-refractivity contribution in [3.05, 3.63) is 28.8 Å². The first kappa shape index (κ1) is 11.9. The van der Waals surface area contributed by atoms with Crippen molar-refractivity contribution in [2.45, 2.75) is 13.3 Å². The third-order valence-electron chi connectivity index (χ3n) is 2.89. The third-order valence-corrected chi connectivity index (χ3v) is 4.21. The minimum atomic E-state index is 0.185. The molecule has 1 amide bonds. The fourth-order valence-electron chi connectivity index (χ4n) is 1.88. The summed E-state index contributed by atoms with van der Waals surface area (Å²) in [6.45, 7) is 2.74. The molecule has 0 saturated carbocycles. The van der Waals surface area contributed by atoms with Gasteiger partial charge in [0.2, 0.25) is 5.91 Å². The molecule has 0 bridgehead atoms. The van der Waals surface area contributed by atoms with Crippen molar-refractivity contribution in [1.82, 2.24) is 0 Å². The Balaban J connectivity index is 2.24. The minimum absolute atomic E-state index is 0.185. The highest BCUT2D eigenvalue weighted by molar-refractivity contribution is 9.09. The van der Waals surface area contributed by atoms with Crippen LogP contribution in [0.2, 0.25) is 5.02 Å². The summed E-state index contributed by atoms with van der Waals surface area (Å²) in [7, 11) is 0. The van der Waals surface area contributed by atoms with Crippen molar-refractivity contribution in [1.29, 1.82) is 0 Å². The predicted molar refractivity (Wildman–Crippen MR) is 70.4 cm³/mol. The summed E-state index contributed by atoms with van der Waals surface area (Å²) in [5.41, 5.74) is 1.94. The first-order valence-electron chi connectivity index (χ1n) is 5.24. The molecule has 1 unspecified atom stereocenters. The van der Waals surface area contributed by atoms with Gasteiger partial charge in [-0.2, -0.15) is 0 Å². The van der Waals surface area contributed by atoms with Crippen molar-refractivity contribution in [3.63, 3.8) is 0 Å². The van der Waals surface area contributed by atoms with Gasteiger partial charge < -0.3 is 4.90 Å². The van der Waals surface area contributed by atoms with E-state index >= 15 is 0 Å². The van der Waals surface area contributed by atoms with Crippen LogP contribution >= 0.6 is 27.5 Å². The number of carbonyl (C=O) groups excluding carboxylic acids is 1. The summed E-state index contributed by atoms with van der Waals surface area (Å²) in [5, 5.41) is 1.59. The maximum absolute atomic E-state index is 11.8. The SMILES string of the molecule is Cc1ccc(N2CC(CBr)CC2=O)cc1Cl. The predicted octanol–water partition coefficient (Wildman–Crippen LogP) is 3.40. The fraction of sp³-hybridized carbons (Fsp3) is 0.417. The molecule has 1 fully saturated rings. The number of hydrogen-bond acceptors (Lipinski definition) is 1. The normalized spacial score (nSPS) is 20.6. The van der Waals surface area contributed by atoms with Gasteiger partial charge in [0.1, 0.15) is 0 Å². The Bertz CT molecular complexity index is 421. The molecule has 1 heterocycles. The molecular weight excluding hydrogens is 289 g/mol. The van der Waals surface area contributed by atoms with Gasteiger partial charge in [-0.1, -0.05) is 33.6 Å². The molecule has 0 radical (unpaired) electrons. The number of anilines is 1. The summed E-state index contributed by atoms with van der Waals surface area (Å²) in [6, 6.07) is 5.77. The van der Waals surface area contributed by atoms with Crippen LogP contribution in [0, 0.1) is 12.8 Å². The maximum atomic E-state index is 11.8. The second-order valence-electron chi connectivity index (χ2n) is 4.16. The van der Waals surface area contributed by atoms with Gasteiger partial charge in [0.05, 0.1) is 0 Å². The Morgan fingerprint density at radius 3 is 2.88 bits per heavy atom. The molecule has 16 heavy (non-hydrogen) atoms. The molecule has 1 atom stereocenters. The summed E-state index contributed by atoms with van der Waals surface area (Å²) >= 11 is 9.49. The van der Waals surface area contributed by atoms with Crippen molar-refractivity contribution in [2.75, 3.05) is 16.8 Å². The average molecular weight is 303 g/mol. The highest BCUT2D eigenvalue weighted by atomic mass is 79.9. The highest BCUT2D eigenvalue weighted by Gasteiger charge is 2.29. The van der Waals surface area contributed by atoms with Crippen molar-refractivity contribution in [2.24, 2.45) is 5.92 Å². The lowest BCUT2D eigenvalue weighted by atomic mass is 10.2. The molecule has 1 aromatic rings. The molecule has 1 aromatic carbocycles. The molecule has 2 rings (SSSR count). The number of rotatable bonds is 2. The molecule has 0 N–H and O–H groups in total. The van der Waals surface area contributed by atoms with E-state index in [2.05, 4.69) is 15.9 Å². The van der Waals surface area contributed by atoms with Gasteiger partial charge in [0.15, 0.2) is 0 Å². The van der Waals surface area contributed by atoms with E-state index in [9.17, 15) is 4.79 Å². The number of benzene rings is 1. The Morgan fingerprint density at radius 2 is 2.31 bits per heavy atom.